The fourth-order valence-corrected chi connectivity index (χ4v) is 1.66. The number of aliphatic hydroxyl groups is 1. The van der Waals surface area contributed by atoms with Crippen LogP contribution in [0.1, 0.15) is 25.3 Å². The van der Waals surface area contributed by atoms with Crippen LogP contribution >= 0.6 is 0 Å². The van der Waals surface area contributed by atoms with Crippen LogP contribution in [0.3, 0.4) is 0 Å². The van der Waals surface area contributed by atoms with E-state index in [1.54, 1.807) is 24.3 Å². The standard InChI is InChI=1S/C14H19N3O2/c1-2-12(7-8-18)17-14(19)10-16-13-5-3-11(9-15)4-6-13/h3-6,12,16,18H,2,7-8,10H2,1H3,(H,17,19). The summed E-state index contributed by atoms with van der Waals surface area (Å²) in [5, 5.41) is 23.3. The molecule has 5 heteroatoms. The molecule has 0 aromatic heterocycles. The zero-order valence-corrected chi connectivity index (χ0v) is 11.0. The Morgan fingerprint density at radius 1 is 1.42 bits per heavy atom. The van der Waals surface area contributed by atoms with Gasteiger partial charge in [0.2, 0.25) is 5.91 Å². The van der Waals surface area contributed by atoms with Gasteiger partial charge < -0.3 is 15.7 Å². The van der Waals surface area contributed by atoms with Crippen molar-refractivity contribution in [2.45, 2.75) is 25.8 Å². The van der Waals surface area contributed by atoms with E-state index in [1.807, 2.05) is 13.0 Å². The third-order valence-electron chi connectivity index (χ3n) is 2.80. The van der Waals surface area contributed by atoms with Crippen LogP contribution in [0.4, 0.5) is 5.69 Å². The lowest BCUT2D eigenvalue weighted by Gasteiger charge is -2.16. The average Bonchev–Trinajstić information content (AvgIpc) is 2.45. The number of hydrogen-bond acceptors (Lipinski definition) is 4. The minimum Gasteiger partial charge on any atom is -0.396 e. The molecule has 0 aliphatic rings. The summed E-state index contributed by atoms with van der Waals surface area (Å²) in [6.07, 6.45) is 1.36. The van der Waals surface area contributed by atoms with E-state index in [2.05, 4.69) is 10.6 Å². The molecule has 1 amide bonds. The number of aliphatic hydroxyl groups excluding tert-OH is 1. The first-order valence-electron chi connectivity index (χ1n) is 6.33. The highest BCUT2D eigenvalue weighted by atomic mass is 16.3. The van der Waals surface area contributed by atoms with Crippen LogP contribution in [0.5, 0.6) is 0 Å². The van der Waals surface area contributed by atoms with E-state index >= 15 is 0 Å². The van der Waals surface area contributed by atoms with Gasteiger partial charge in [0.05, 0.1) is 18.2 Å². The van der Waals surface area contributed by atoms with Gasteiger partial charge in [-0.25, -0.2) is 0 Å². The Bertz CT molecular complexity index is 437. The zero-order chi connectivity index (χ0) is 14.1. The van der Waals surface area contributed by atoms with Crippen LogP contribution in [-0.2, 0) is 4.79 Å². The maximum Gasteiger partial charge on any atom is 0.239 e. The highest BCUT2D eigenvalue weighted by Gasteiger charge is 2.09. The van der Waals surface area contributed by atoms with Gasteiger partial charge in [-0.15, -0.1) is 0 Å². The third kappa shape index (κ3) is 5.40. The van der Waals surface area contributed by atoms with Crippen molar-refractivity contribution in [1.82, 2.24) is 5.32 Å². The zero-order valence-electron chi connectivity index (χ0n) is 11.0. The van der Waals surface area contributed by atoms with Gasteiger partial charge in [-0.3, -0.25) is 4.79 Å². The molecule has 1 unspecified atom stereocenters. The minimum atomic E-state index is -0.107. The maximum atomic E-state index is 11.7. The van der Waals surface area contributed by atoms with Crippen molar-refractivity contribution in [3.8, 4) is 6.07 Å². The normalized spacial score (nSPS) is 11.4. The van der Waals surface area contributed by atoms with E-state index in [9.17, 15) is 4.79 Å². The van der Waals surface area contributed by atoms with Gasteiger partial charge in [0.1, 0.15) is 0 Å². The Morgan fingerprint density at radius 3 is 2.63 bits per heavy atom. The van der Waals surface area contributed by atoms with Crippen molar-refractivity contribution in [2.24, 2.45) is 0 Å². The molecule has 1 rings (SSSR count). The first-order chi connectivity index (χ1) is 9.19. The summed E-state index contributed by atoms with van der Waals surface area (Å²) < 4.78 is 0. The van der Waals surface area contributed by atoms with Crippen LogP contribution in [0.15, 0.2) is 24.3 Å². The number of benzene rings is 1. The van der Waals surface area contributed by atoms with Crippen LogP contribution in [0.25, 0.3) is 0 Å². The lowest BCUT2D eigenvalue weighted by Crippen LogP contribution is -2.38. The number of carbonyl (C=O) groups is 1. The first kappa shape index (κ1) is 15.0. The highest BCUT2D eigenvalue weighted by Crippen LogP contribution is 2.08. The number of rotatable bonds is 7. The summed E-state index contributed by atoms with van der Waals surface area (Å²) in [6.45, 7) is 2.21. The summed E-state index contributed by atoms with van der Waals surface area (Å²) in [5.41, 5.74) is 1.38. The Labute approximate surface area is 113 Å². The summed E-state index contributed by atoms with van der Waals surface area (Å²) in [7, 11) is 0. The summed E-state index contributed by atoms with van der Waals surface area (Å²) in [5.74, 6) is -0.107. The van der Waals surface area contributed by atoms with Gasteiger partial charge in [0, 0.05) is 18.3 Å². The van der Waals surface area contributed by atoms with Gasteiger partial charge in [-0.1, -0.05) is 6.92 Å². The van der Waals surface area contributed by atoms with E-state index < -0.39 is 0 Å². The number of nitriles is 1. The summed E-state index contributed by atoms with van der Waals surface area (Å²) in [6, 6.07) is 8.96. The SMILES string of the molecule is CCC(CCO)NC(=O)CNc1ccc(C#N)cc1. The predicted octanol–water partition coefficient (Wildman–Crippen LogP) is 1.25. The van der Waals surface area contributed by atoms with Crippen molar-refractivity contribution in [2.75, 3.05) is 18.5 Å². The highest BCUT2D eigenvalue weighted by molar-refractivity contribution is 5.80. The molecule has 19 heavy (non-hydrogen) atoms. The Morgan fingerprint density at radius 2 is 2.11 bits per heavy atom. The van der Waals surface area contributed by atoms with Crippen LogP contribution in [0, 0.1) is 11.3 Å². The third-order valence-corrected chi connectivity index (χ3v) is 2.80. The van der Waals surface area contributed by atoms with Gasteiger partial charge in [-0.2, -0.15) is 5.26 Å². The van der Waals surface area contributed by atoms with Crippen molar-refractivity contribution < 1.29 is 9.90 Å². The molecule has 0 fully saturated rings. The Hall–Kier alpha value is -2.06. The van der Waals surface area contributed by atoms with Crippen molar-refractivity contribution >= 4 is 11.6 Å². The molecule has 0 radical (unpaired) electrons. The second kappa shape index (κ2) is 8.11. The molecule has 3 N–H and O–H groups in total. The molecule has 0 saturated carbocycles. The molecular formula is C14H19N3O2. The van der Waals surface area contributed by atoms with Crippen LogP contribution in [-0.4, -0.2) is 30.2 Å². The van der Waals surface area contributed by atoms with Gasteiger partial charge >= 0.3 is 0 Å². The fourth-order valence-electron chi connectivity index (χ4n) is 1.66. The largest absolute Gasteiger partial charge is 0.396 e. The average molecular weight is 261 g/mol. The maximum absolute atomic E-state index is 11.7. The van der Waals surface area contributed by atoms with Crippen molar-refractivity contribution in [3.63, 3.8) is 0 Å². The molecule has 5 nitrogen and oxygen atoms in total. The van der Waals surface area contributed by atoms with E-state index in [0.717, 1.165) is 12.1 Å². The number of anilines is 1. The molecule has 0 heterocycles. The van der Waals surface area contributed by atoms with Gasteiger partial charge in [0.25, 0.3) is 0 Å². The van der Waals surface area contributed by atoms with Gasteiger partial charge in [0.15, 0.2) is 0 Å². The van der Waals surface area contributed by atoms with Crippen molar-refractivity contribution in [3.05, 3.63) is 29.8 Å². The smallest absolute Gasteiger partial charge is 0.239 e. The molecule has 1 aromatic carbocycles. The molecule has 0 saturated heterocycles. The number of carbonyl (C=O) groups excluding carboxylic acids is 1. The summed E-state index contributed by atoms with van der Waals surface area (Å²) >= 11 is 0. The topological polar surface area (TPSA) is 85.2 Å². The lowest BCUT2D eigenvalue weighted by atomic mass is 10.1. The van der Waals surface area contributed by atoms with Crippen molar-refractivity contribution in [1.29, 1.82) is 5.26 Å². The number of amides is 1. The van der Waals surface area contributed by atoms with E-state index in [4.69, 9.17) is 10.4 Å². The molecule has 1 aromatic rings. The van der Waals surface area contributed by atoms with E-state index in [1.165, 1.54) is 0 Å². The number of nitrogens with one attached hydrogen (secondary N) is 2. The Kier molecular flexibility index (Phi) is 6.41. The molecule has 0 aliphatic heterocycles. The molecule has 0 spiro atoms. The summed E-state index contributed by atoms with van der Waals surface area (Å²) in [4.78, 5) is 11.7. The second-order valence-electron chi connectivity index (χ2n) is 4.23. The fraction of sp³-hybridized carbons (Fsp3) is 0.429. The molecular weight excluding hydrogens is 242 g/mol. The molecule has 0 aliphatic carbocycles. The van der Waals surface area contributed by atoms with Crippen LogP contribution < -0.4 is 10.6 Å². The van der Waals surface area contributed by atoms with Crippen LogP contribution in [0.2, 0.25) is 0 Å². The predicted molar refractivity (Wildman–Crippen MR) is 73.6 cm³/mol. The quantitative estimate of drug-likeness (QED) is 0.689. The molecule has 0 bridgehead atoms. The number of hydrogen-bond donors (Lipinski definition) is 3. The lowest BCUT2D eigenvalue weighted by molar-refractivity contribution is -0.120. The second-order valence-corrected chi connectivity index (χ2v) is 4.23. The minimum absolute atomic E-state index is 0.0141. The Balaban J connectivity index is 2.38. The number of nitrogens with zero attached hydrogens (tertiary/aromatic N) is 1. The van der Waals surface area contributed by atoms with E-state index in [-0.39, 0.29) is 25.1 Å². The molecule has 1 atom stereocenters. The first-order valence-corrected chi connectivity index (χ1v) is 6.33. The monoisotopic (exact) mass is 261 g/mol. The molecule has 102 valence electrons. The van der Waals surface area contributed by atoms with Gasteiger partial charge in [-0.05, 0) is 37.1 Å². The van der Waals surface area contributed by atoms with E-state index in [0.29, 0.717) is 12.0 Å².